The van der Waals surface area contributed by atoms with Crippen LogP contribution in [0.25, 0.3) is 0 Å². The Kier molecular flexibility index (Phi) is 3.91. The van der Waals surface area contributed by atoms with Gasteiger partial charge in [0.2, 0.25) is 0 Å². The Hall–Kier alpha value is -0.690. The number of nitrogens with zero attached hydrogens (tertiary/aromatic N) is 2. The van der Waals surface area contributed by atoms with Crippen molar-refractivity contribution in [3.63, 3.8) is 0 Å². The summed E-state index contributed by atoms with van der Waals surface area (Å²) in [6, 6.07) is 0. The molecule has 1 aliphatic rings. The lowest BCUT2D eigenvalue weighted by Gasteiger charge is -2.09. The highest BCUT2D eigenvalue weighted by molar-refractivity contribution is 9.10. The fourth-order valence-electron chi connectivity index (χ4n) is 2.18. The Balaban J connectivity index is 2.26. The molecule has 0 N–H and O–H groups in total. The van der Waals surface area contributed by atoms with E-state index < -0.39 is 15.8 Å². The Morgan fingerprint density at radius 3 is 2.89 bits per heavy atom. The molecule has 5 nitrogen and oxygen atoms in total. The number of Topliss-reactive ketones (excluding diaryl/α,β-unsaturated/α-hetero) is 1. The van der Waals surface area contributed by atoms with Crippen molar-refractivity contribution in [3.05, 3.63) is 16.4 Å². The van der Waals surface area contributed by atoms with E-state index in [9.17, 15) is 13.2 Å². The summed E-state index contributed by atoms with van der Waals surface area (Å²) in [5.41, 5.74) is 0.499. The number of rotatable bonds is 4. The Morgan fingerprint density at radius 2 is 2.33 bits per heavy atom. The van der Waals surface area contributed by atoms with Gasteiger partial charge in [0.1, 0.15) is 5.69 Å². The smallest absolute Gasteiger partial charge is 0.186 e. The monoisotopic (exact) mass is 334 g/mol. The summed E-state index contributed by atoms with van der Waals surface area (Å²) in [4.78, 5) is 12.4. The first-order valence-corrected chi connectivity index (χ1v) is 8.52. The van der Waals surface area contributed by atoms with Gasteiger partial charge in [-0.05, 0) is 28.8 Å². The minimum Gasteiger partial charge on any atom is -0.292 e. The van der Waals surface area contributed by atoms with Gasteiger partial charge in [-0.1, -0.05) is 6.92 Å². The van der Waals surface area contributed by atoms with Crippen LogP contribution in [0.5, 0.6) is 0 Å². The summed E-state index contributed by atoms with van der Waals surface area (Å²) < 4.78 is 25.1. The third-order valence-electron chi connectivity index (χ3n) is 3.07. The van der Waals surface area contributed by atoms with Crippen LogP contribution in [0.15, 0.2) is 10.7 Å². The van der Waals surface area contributed by atoms with Crippen LogP contribution in [0.3, 0.4) is 0 Å². The van der Waals surface area contributed by atoms with Crippen molar-refractivity contribution < 1.29 is 13.2 Å². The van der Waals surface area contributed by atoms with Gasteiger partial charge in [-0.25, -0.2) is 8.42 Å². The molecule has 7 heteroatoms. The number of hydrogen-bond acceptors (Lipinski definition) is 4. The number of sulfone groups is 1. The van der Waals surface area contributed by atoms with Crippen molar-refractivity contribution >= 4 is 31.6 Å². The van der Waals surface area contributed by atoms with E-state index in [0.717, 1.165) is 6.42 Å². The molecule has 0 spiro atoms. The molecular formula is C11H15BrN2O3S. The number of halogens is 1. The highest BCUT2D eigenvalue weighted by atomic mass is 79.9. The number of aryl methyl sites for hydroxylation is 1. The summed E-state index contributed by atoms with van der Waals surface area (Å²) in [7, 11) is -3.04. The van der Waals surface area contributed by atoms with Crippen LogP contribution in [-0.2, 0) is 16.4 Å². The van der Waals surface area contributed by atoms with Crippen LogP contribution < -0.4 is 0 Å². The maximum absolute atomic E-state index is 12.4. The van der Waals surface area contributed by atoms with Crippen molar-refractivity contribution in [1.82, 2.24) is 9.78 Å². The zero-order valence-electron chi connectivity index (χ0n) is 10.1. The Bertz CT molecular complexity index is 565. The van der Waals surface area contributed by atoms with Gasteiger partial charge in [0.05, 0.1) is 22.2 Å². The third kappa shape index (κ3) is 2.66. The molecule has 1 aliphatic heterocycles. The molecule has 1 unspecified atom stereocenters. The lowest BCUT2D eigenvalue weighted by molar-refractivity contribution is 0.0921. The van der Waals surface area contributed by atoms with Crippen molar-refractivity contribution in [2.24, 2.45) is 5.92 Å². The minimum absolute atomic E-state index is 0.0322. The second-order valence-corrected chi connectivity index (χ2v) is 7.61. The Labute approximate surface area is 115 Å². The van der Waals surface area contributed by atoms with E-state index in [0.29, 0.717) is 23.1 Å². The van der Waals surface area contributed by atoms with Crippen molar-refractivity contribution in [3.8, 4) is 0 Å². The fourth-order valence-corrected chi connectivity index (χ4v) is 4.42. The molecule has 0 aliphatic carbocycles. The molecule has 1 aromatic heterocycles. The van der Waals surface area contributed by atoms with E-state index in [4.69, 9.17) is 0 Å². The van der Waals surface area contributed by atoms with Crippen LogP contribution in [0.4, 0.5) is 0 Å². The average molecular weight is 335 g/mol. The first-order valence-electron chi connectivity index (χ1n) is 5.90. The fraction of sp³-hybridized carbons (Fsp3) is 0.636. The summed E-state index contributed by atoms with van der Waals surface area (Å²) in [5.74, 6) is -0.453. The molecule has 0 aromatic carbocycles. The topological polar surface area (TPSA) is 69.0 Å². The lowest BCUT2D eigenvalue weighted by Crippen LogP contribution is -2.20. The molecule has 1 aromatic rings. The third-order valence-corrected chi connectivity index (χ3v) is 5.42. The Morgan fingerprint density at radius 1 is 1.61 bits per heavy atom. The van der Waals surface area contributed by atoms with E-state index in [1.807, 2.05) is 6.92 Å². The molecule has 1 saturated heterocycles. The predicted octanol–water partition coefficient (Wildman–Crippen LogP) is 1.67. The molecule has 0 bridgehead atoms. The highest BCUT2D eigenvalue weighted by Crippen LogP contribution is 2.26. The molecule has 0 saturated carbocycles. The maximum Gasteiger partial charge on any atom is 0.186 e. The van der Waals surface area contributed by atoms with E-state index in [1.165, 1.54) is 0 Å². The van der Waals surface area contributed by atoms with Crippen molar-refractivity contribution in [2.45, 2.75) is 26.3 Å². The normalized spacial score (nSPS) is 22.2. The zero-order valence-corrected chi connectivity index (χ0v) is 12.5. The summed E-state index contributed by atoms with van der Waals surface area (Å²) in [5, 5.41) is 4.13. The largest absolute Gasteiger partial charge is 0.292 e. The van der Waals surface area contributed by atoms with Crippen molar-refractivity contribution in [1.29, 1.82) is 0 Å². The van der Waals surface area contributed by atoms with Gasteiger partial charge in [-0.3, -0.25) is 9.48 Å². The van der Waals surface area contributed by atoms with Gasteiger partial charge in [0, 0.05) is 12.5 Å². The first kappa shape index (κ1) is 13.7. The van der Waals surface area contributed by atoms with Crippen LogP contribution in [0.1, 0.15) is 30.3 Å². The van der Waals surface area contributed by atoms with E-state index in [1.54, 1.807) is 10.9 Å². The van der Waals surface area contributed by atoms with Gasteiger partial charge in [0.15, 0.2) is 15.6 Å². The average Bonchev–Trinajstić information content (AvgIpc) is 2.82. The number of ketones is 1. The highest BCUT2D eigenvalue weighted by Gasteiger charge is 2.35. The first-order chi connectivity index (χ1) is 8.44. The molecule has 1 fully saturated rings. The van der Waals surface area contributed by atoms with Gasteiger partial charge in [-0.15, -0.1) is 0 Å². The van der Waals surface area contributed by atoms with Gasteiger partial charge in [-0.2, -0.15) is 5.10 Å². The SMILES string of the molecule is CCCn1ncc(Br)c1C(=O)C1CCS(=O)(=O)C1. The number of carbonyl (C=O) groups is 1. The summed E-state index contributed by atoms with van der Waals surface area (Å²) in [6.07, 6.45) is 2.88. The summed E-state index contributed by atoms with van der Waals surface area (Å²) >= 11 is 3.31. The van der Waals surface area contributed by atoms with E-state index in [-0.39, 0.29) is 17.3 Å². The molecule has 100 valence electrons. The predicted molar refractivity (Wildman–Crippen MR) is 71.3 cm³/mol. The minimum atomic E-state index is -3.04. The standard InChI is InChI=1S/C11H15BrN2O3S/c1-2-4-14-10(9(12)6-13-14)11(15)8-3-5-18(16,17)7-8/h6,8H,2-5,7H2,1H3. The molecular weight excluding hydrogens is 320 g/mol. The maximum atomic E-state index is 12.4. The second kappa shape index (κ2) is 5.13. The van der Waals surface area contributed by atoms with Crippen LogP contribution in [-0.4, -0.2) is 35.5 Å². The van der Waals surface area contributed by atoms with E-state index >= 15 is 0 Å². The second-order valence-electron chi connectivity index (χ2n) is 4.53. The van der Waals surface area contributed by atoms with Gasteiger partial charge >= 0.3 is 0 Å². The number of hydrogen-bond donors (Lipinski definition) is 0. The quantitative estimate of drug-likeness (QED) is 0.785. The molecule has 18 heavy (non-hydrogen) atoms. The zero-order chi connectivity index (χ0) is 13.3. The molecule has 2 heterocycles. The van der Waals surface area contributed by atoms with Crippen LogP contribution in [0, 0.1) is 5.92 Å². The van der Waals surface area contributed by atoms with Crippen molar-refractivity contribution in [2.75, 3.05) is 11.5 Å². The molecule has 1 atom stereocenters. The number of aromatic nitrogens is 2. The van der Waals surface area contributed by atoms with Gasteiger partial charge in [0.25, 0.3) is 0 Å². The van der Waals surface area contributed by atoms with Crippen LogP contribution >= 0.6 is 15.9 Å². The number of carbonyl (C=O) groups excluding carboxylic acids is 1. The van der Waals surface area contributed by atoms with Crippen LogP contribution in [0.2, 0.25) is 0 Å². The summed E-state index contributed by atoms with van der Waals surface area (Å²) in [6.45, 7) is 2.66. The lowest BCUT2D eigenvalue weighted by atomic mass is 10.0. The molecule has 0 amide bonds. The van der Waals surface area contributed by atoms with Gasteiger partial charge < -0.3 is 0 Å². The van der Waals surface area contributed by atoms with E-state index in [2.05, 4.69) is 21.0 Å². The molecule has 0 radical (unpaired) electrons. The molecule has 2 rings (SSSR count).